The van der Waals surface area contributed by atoms with Gasteiger partial charge in [-0.1, -0.05) is 6.08 Å². The highest BCUT2D eigenvalue weighted by molar-refractivity contribution is 7.90. The molecule has 1 saturated carbocycles. The van der Waals surface area contributed by atoms with Crippen LogP contribution in [0.15, 0.2) is 24.4 Å². The first-order valence-electron chi connectivity index (χ1n) is 6.99. The Morgan fingerprint density at radius 2 is 2.23 bits per heavy atom. The highest BCUT2D eigenvalue weighted by Gasteiger charge is 2.25. The number of aromatic amines is 1. The maximum absolute atomic E-state index is 11.1. The molecule has 1 fully saturated rings. The fraction of sp³-hybridized carbons (Fsp3) is 0.357. The Balaban J connectivity index is 1.67. The summed E-state index contributed by atoms with van der Waals surface area (Å²) in [6.07, 6.45) is 8.35. The molecule has 8 heteroatoms. The maximum atomic E-state index is 11.1. The smallest absolute Gasteiger partial charge is 0.153 e. The molecule has 2 aromatic heterocycles. The summed E-state index contributed by atoms with van der Waals surface area (Å²) in [5.41, 5.74) is 1.14. The van der Waals surface area contributed by atoms with Crippen molar-refractivity contribution in [2.24, 2.45) is 0 Å². The maximum Gasteiger partial charge on any atom is 0.153 e. The molecule has 1 aliphatic carbocycles. The zero-order valence-electron chi connectivity index (χ0n) is 12.2. The van der Waals surface area contributed by atoms with Gasteiger partial charge in [0.25, 0.3) is 0 Å². The molecule has 2 N–H and O–H groups in total. The summed E-state index contributed by atoms with van der Waals surface area (Å²) in [5, 5.41) is 10.3. The molecule has 1 aliphatic rings. The van der Waals surface area contributed by atoms with Gasteiger partial charge < -0.3 is 5.32 Å². The van der Waals surface area contributed by atoms with Crippen LogP contribution in [-0.2, 0) is 9.84 Å². The topological polar surface area (TPSA) is 101 Å². The van der Waals surface area contributed by atoms with Crippen LogP contribution in [0.3, 0.4) is 0 Å². The van der Waals surface area contributed by atoms with Crippen molar-refractivity contribution in [1.29, 1.82) is 0 Å². The number of nitrogens with one attached hydrogen (secondary N) is 2. The highest BCUT2D eigenvalue weighted by atomic mass is 32.2. The van der Waals surface area contributed by atoms with E-state index >= 15 is 0 Å². The van der Waals surface area contributed by atoms with E-state index in [1.807, 2.05) is 6.07 Å². The molecule has 0 saturated heterocycles. The summed E-state index contributed by atoms with van der Waals surface area (Å²) in [6.45, 7) is 0. The van der Waals surface area contributed by atoms with Gasteiger partial charge in [-0.25, -0.2) is 18.4 Å². The van der Waals surface area contributed by atoms with Gasteiger partial charge in [-0.3, -0.25) is 5.10 Å². The second kappa shape index (κ2) is 5.88. The summed E-state index contributed by atoms with van der Waals surface area (Å²) >= 11 is 0. The number of nitrogens with zero attached hydrogens (tertiary/aromatic N) is 3. The predicted molar refractivity (Wildman–Crippen MR) is 84.6 cm³/mol. The third-order valence-corrected chi connectivity index (χ3v) is 4.01. The Hall–Kier alpha value is -2.22. The van der Waals surface area contributed by atoms with Gasteiger partial charge in [0.15, 0.2) is 21.5 Å². The van der Waals surface area contributed by atoms with E-state index < -0.39 is 9.84 Å². The molecular weight excluding hydrogens is 302 g/mol. The molecule has 0 radical (unpaired) electrons. The van der Waals surface area contributed by atoms with Crippen LogP contribution in [0.2, 0.25) is 0 Å². The molecule has 22 heavy (non-hydrogen) atoms. The quantitative estimate of drug-likeness (QED) is 0.843. The van der Waals surface area contributed by atoms with Gasteiger partial charge in [0.2, 0.25) is 0 Å². The molecule has 0 spiro atoms. The first kappa shape index (κ1) is 14.7. The number of H-pyrrole nitrogens is 1. The molecule has 0 unspecified atom stereocenters. The van der Waals surface area contributed by atoms with E-state index in [2.05, 4.69) is 25.5 Å². The Morgan fingerprint density at radius 1 is 1.41 bits per heavy atom. The standard InChI is InChI=1S/C14H17N5O2S/c1-22(20,21)8-2-3-12-15-7-6-13(16-12)17-14-9-11(18-19-14)10-4-5-10/h2-3,6-7,9-10H,4-5,8H2,1H3,(H2,15,16,17,18,19)/b3-2+. The molecule has 0 atom stereocenters. The molecule has 0 aromatic carbocycles. The number of rotatable bonds is 6. The van der Waals surface area contributed by atoms with Crippen LogP contribution in [0.4, 0.5) is 11.6 Å². The Bertz CT molecular complexity index is 793. The fourth-order valence-electron chi connectivity index (χ4n) is 1.99. The van der Waals surface area contributed by atoms with Crippen LogP contribution in [0.5, 0.6) is 0 Å². The van der Waals surface area contributed by atoms with Crippen LogP contribution in [0.25, 0.3) is 6.08 Å². The Morgan fingerprint density at radius 3 is 2.95 bits per heavy atom. The van der Waals surface area contributed by atoms with E-state index in [4.69, 9.17) is 0 Å². The van der Waals surface area contributed by atoms with Crippen molar-refractivity contribution in [3.8, 4) is 0 Å². The third kappa shape index (κ3) is 4.14. The number of hydrogen-bond donors (Lipinski definition) is 2. The Kier molecular flexibility index (Phi) is 3.93. The third-order valence-electron chi connectivity index (χ3n) is 3.21. The lowest BCUT2D eigenvalue weighted by Gasteiger charge is -2.01. The zero-order chi connectivity index (χ0) is 15.6. The van der Waals surface area contributed by atoms with E-state index in [9.17, 15) is 8.42 Å². The molecule has 2 heterocycles. The molecule has 116 valence electrons. The minimum absolute atomic E-state index is 0.0296. The predicted octanol–water partition coefficient (Wildman–Crippen LogP) is 1.88. The molecule has 0 aliphatic heterocycles. The molecule has 0 amide bonds. The second-order valence-electron chi connectivity index (χ2n) is 5.40. The lowest BCUT2D eigenvalue weighted by Crippen LogP contribution is -2.00. The average Bonchev–Trinajstić information content (AvgIpc) is 3.19. The summed E-state index contributed by atoms with van der Waals surface area (Å²) in [7, 11) is -3.02. The largest absolute Gasteiger partial charge is 0.323 e. The van der Waals surface area contributed by atoms with Crippen molar-refractivity contribution in [3.05, 3.63) is 35.9 Å². The van der Waals surface area contributed by atoms with Crippen molar-refractivity contribution in [2.45, 2.75) is 18.8 Å². The molecule has 0 bridgehead atoms. The summed E-state index contributed by atoms with van der Waals surface area (Å²) < 4.78 is 22.2. The number of anilines is 2. The molecule has 2 aromatic rings. The SMILES string of the molecule is CS(=O)(=O)C/C=C/c1nccc(Nc2cc(C3CC3)[nH]n2)n1. The van der Waals surface area contributed by atoms with Gasteiger partial charge in [-0.15, -0.1) is 0 Å². The van der Waals surface area contributed by atoms with Gasteiger partial charge in [0.05, 0.1) is 5.75 Å². The van der Waals surface area contributed by atoms with E-state index in [-0.39, 0.29) is 5.75 Å². The number of aromatic nitrogens is 4. The average molecular weight is 319 g/mol. The van der Waals surface area contributed by atoms with Gasteiger partial charge in [0, 0.05) is 30.1 Å². The van der Waals surface area contributed by atoms with E-state index in [0.717, 1.165) is 5.69 Å². The molecule has 7 nitrogen and oxygen atoms in total. The highest BCUT2D eigenvalue weighted by Crippen LogP contribution is 2.39. The van der Waals surface area contributed by atoms with E-state index in [1.54, 1.807) is 18.3 Å². The van der Waals surface area contributed by atoms with Gasteiger partial charge in [-0.2, -0.15) is 5.10 Å². The molecule has 3 rings (SSSR count). The van der Waals surface area contributed by atoms with Crippen LogP contribution in [0, 0.1) is 0 Å². The molecular formula is C14H17N5O2S. The minimum atomic E-state index is -3.02. The lowest BCUT2D eigenvalue weighted by atomic mass is 10.3. The minimum Gasteiger partial charge on any atom is -0.323 e. The van der Waals surface area contributed by atoms with Crippen molar-refractivity contribution in [1.82, 2.24) is 20.2 Å². The van der Waals surface area contributed by atoms with Crippen molar-refractivity contribution in [3.63, 3.8) is 0 Å². The Labute approximate surface area is 128 Å². The van der Waals surface area contributed by atoms with E-state index in [1.165, 1.54) is 25.2 Å². The zero-order valence-corrected chi connectivity index (χ0v) is 13.0. The van der Waals surface area contributed by atoms with Crippen molar-refractivity contribution >= 4 is 27.5 Å². The number of hydrogen-bond acceptors (Lipinski definition) is 6. The second-order valence-corrected chi connectivity index (χ2v) is 7.59. The monoisotopic (exact) mass is 319 g/mol. The fourth-order valence-corrected chi connectivity index (χ4v) is 2.43. The summed E-state index contributed by atoms with van der Waals surface area (Å²) in [6, 6.07) is 3.72. The summed E-state index contributed by atoms with van der Waals surface area (Å²) in [5.74, 6) is 2.36. The number of sulfone groups is 1. The normalized spacial score (nSPS) is 15.3. The van der Waals surface area contributed by atoms with Crippen LogP contribution in [-0.4, -0.2) is 40.6 Å². The van der Waals surface area contributed by atoms with Crippen molar-refractivity contribution < 1.29 is 8.42 Å². The van der Waals surface area contributed by atoms with Gasteiger partial charge in [-0.05, 0) is 25.0 Å². The van der Waals surface area contributed by atoms with Crippen molar-refractivity contribution in [2.75, 3.05) is 17.3 Å². The van der Waals surface area contributed by atoms with Crippen LogP contribution in [0.1, 0.15) is 30.3 Å². The lowest BCUT2D eigenvalue weighted by molar-refractivity contribution is 0.604. The van der Waals surface area contributed by atoms with Gasteiger partial charge in [0.1, 0.15) is 5.82 Å². The first-order valence-corrected chi connectivity index (χ1v) is 9.05. The van der Waals surface area contributed by atoms with Gasteiger partial charge >= 0.3 is 0 Å². The first-order chi connectivity index (χ1) is 10.5. The van der Waals surface area contributed by atoms with Crippen LogP contribution < -0.4 is 5.32 Å². The van der Waals surface area contributed by atoms with Crippen LogP contribution >= 0.6 is 0 Å². The van der Waals surface area contributed by atoms with E-state index in [0.29, 0.717) is 23.4 Å². The summed E-state index contributed by atoms with van der Waals surface area (Å²) in [4.78, 5) is 8.38.